The molecule has 0 unspecified atom stereocenters. The van der Waals surface area contributed by atoms with Gasteiger partial charge in [-0.2, -0.15) is 0 Å². The fourth-order valence-corrected chi connectivity index (χ4v) is 1.76. The first-order chi connectivity index (χ1) is 9.18. The number of hydrogen-bond acceptors (Lipinski definition) is 5. The Morgan fingerprint density at radius 2 is 2.05 bits per heavy atom. The van der Waals surface area contributed by atoms with Crippen LogP contribution >= 0.6 is 11.6 Å². The fraction of sp³-hybridized carbons (Fsp3) is 0.167. The van der Waals surface area contributed by atoms with Crippen molar-refractivity contribution in [3.05, 3.63) is 47.1 Å². The second-order valence-electron chi connectivity index (χ2n) is 3.72. The van der Waals surface area contributed by atoms with Gasteiger partial charge in [-0.25, -0.2) is 14.8 Å². The van der Waals surface area contributed by atoms with Crippen LogP contribution < -0.4 is 5.32 Å². The molecule has 0 aliphatic carbocycles. The molecule has 7 heteroatoms. The number of pyridine rings is 1. The maximum atomic E-state index is 10.9. The molecule has 2 heterocycles. The lowest BCUT2D eigenvalue weighted by Gasteiger charge is -2.08. The summed E-state index contributed by atoms with van der Waals surface area (Å²) in [5.41, 5.74) is 0.911. The molecule has 2 aromatic heterocycles. The molecule has 98 valence electrons. The third-order valence-electron chi connectivity index (χ3n) is 2.45. The summed E-state index contributed by atoms with van der Waals surface area (Å²) in [6, 6.07) is 3.82. The van der Waals surface area contributed by atoms with Crippen molar-refractivity contribution in [1.29, 1.82) is 0 Å². The SMILES string of the molecule is O=C(O)c1ncnc(NCCc2ccncc2)c1Cl. The molecule has 6 nitrogen and oxygen atoms in total. The van der Waals surface area contributed by atoms with Gasteiger partial charge in [-0.05, 0) is 24.1 Å². The summed E-state index contributed by atoms with van der Waals surface area (Å²) >= 11 is 5.91. The van der Waals surface area contributed by atoms with Gasteiger partial charge < -0.3 is 10.4 Å². The lowest BCUT2D eigenvalue weighted by molar-refractivity contribution is 0.0690. The third kappa shape index (κ3) is 3.38. The molecule has 0 saturated heterocycles. The van der Waals surface area contributed by atoms with E-state index in [-0.39, 0.29) is 10.7 Å². The van der Waals surface area contributed by atoms with Crippen molar-refractivity contribution in [3.63, 3.8) is 0 Å². The molecule has 19 heavy (non-hydrogen) atoms. The van der Waals surface area contributed by atoms with Gasteiger partial charge >= 0.3 is 5.97 Å². The molecular weight excluding hydrogens is 268 g/mol. The molecule has 0 spiro atoms. The highest BCUT2D eigenvalue weighted by Crippen LogP contribution is 2.21. The molecule has 0 fully saturated rings. The zero-order chi connectivity index (χ0) is 13.7. The van der Waals surface area contributed by atoms with E-state index in [0.717, 1.165) is 12.0 Å². The van der Waals surface area contributed by atoms with Gasteiger partial charge in [-0.15, -0.1) is 0 Å². The highest BCUT2D eigenvalue weighted by molar-refractivity contribution is 6.35. The van der Waals surface area contributed by atoms with Crippen molar-refractivity contribution < 1.29 is 9.90 Å². The van der Waals surface area contributed by atoms with Crippen molar-refractivity contribution in [2.45, 2.75) is 6.42 Å². The number of hydrogen-bond donors (Lipinski definition) is 2. The van der Waals surface area contributed by atoms with Gasteiger partial charge in [0.2, 0.25) is 0 Å². The first-order valence-electron chi connectivity index (χ1n) is 5.55. The third-order valence-corrected chi connectivity index (χ3v) is 2.81. The van der Waals surface area contributed by atoms with Crippen LogP contribution in [0.4, 0.5) is 5.82 Å². The standard InChI is InChI=1S/C12H11ClN4O2/c13-9-10(12(18)19)16-7-17-11(9)15-6-3-8-1-4-14-5-2-8/h1-2,4-5,7H,3,6H2,(H,18,19)(H,15,16,17). The quantitative estimate of drug-likeness (QED) is 0.868. The molecule has 0 bridgehead atoms. The van der Waals surface area contributed by atoms with E-state index in [4.69, 9.17) is 16.7 Å². The van der Waals surface area contributed by atoms with Crippen molar-refractivity contribution in [1.82, 2.24) is 15.0 Å². The van der Waals surface area contributed by atoms with E-state index in [1.165, 1.54) is 6.33 Å². The van der Waals surface area contributed by atoms with Crippen molar-refractivity contribution in [2.75, 3.05) is 11.9 Å². The van der Waals surface area contributed by atoms with Crippen molar-refractivity contribution in [2.24, 2.45) is 0 Å². The number of carboxylic acid groups (broad SMARTS) is 1. The van der Waals surface area contributed by atoms with Crippen LogP contribution in [0.5, 0.6) is 0 Å². The van der Waals surface area contributed by atoms with E-state index in [0.29, 0.717) is 12.4 Å². The largest absolute Gasteiger partial charge is 0.476 e. The summed E-state index contributed by atoms with van der Waals surface area (Å²) in [5, 5.41) is 11.9. The molecule has 0 aliphatic heterocycles. The van der Waals surface area contributed by atoms with Crippen LogP contribution in [-0.4, -0.2) is 32.6 Å². The minimum absolute atomic E-state index is 0.0183. The monoisotopic (exact) mass is 278 g/mol. The molecule has 2 N–H and O–H groups in total. The average Bonchev–Trinajstić information content (AvgIpc) is 2.41. The van der Waals surface area contributed by atoms with Crippen molar-refractivity contribution in [3.8, 4) is 0 Å². The van der Waals surface area contributed by atoms with Gasteiger partial charge in [0, 0.05) is 18.9 Å². The van der Waals surface area contributed by atoms with E-state index >= 15 is 0 Å². The van der Waals surface area contributed by atoms with Gasteiger partial charge in [0.05, 0.1) is 0 Å². The Balaban J connectivity index is 2.00. The van der Waals surface area contributed by atoms with Crippen LogP contribution in [0.15, 0.2) is 30.9 Å². The number of nitrogens with zero attached hydrogens (tertiary/aromatic N) is 3. The number of aromatic nitrogens is 3. The lowest BCUT2D eigenvalue weighted by atomic mass is 10.2. The van der Waals surface area contributed by atoms with Gasteiger partial charge in [-0.3, -0.25) is 4.98 Å². The number of anilines is 1. The van der Waals surface area contributed by atoms with E-state index in [1.54, 1.807) is 12.4 Å². The molecule has 2 rings (SSSR count). The number of carbonyl (C=O) groups is 1. The van der Waals surface area contributed by atoms with Crippen molar-refractivity contribution >= 4 is 23.4 Å². The number of halogens is 1. The van der Waals surface area contributed by atoms with E-state index in [9.17, 15) is 4.79 Å². The second kappa shape index (κ2) is 6.10. The van der Waals surface area contributed by atoms with Crippen LogP contribution in [0.3, 0.4) is 0 Å². The van der Waals surface area contributed by atoms with Gasteiger partial charge in [0.1, 0.15) is 17.2 Å². The molecule has 2 aromatic rings. The maximum absolute atomic E-state index is 10.9. The predicted molar refractivity (Wildman–Crippen MR) is 70.4 cm³/mol. The number of aromatic carboxylic acids is 1. The molecule has 0 radical (unpaired) electrons. The van der Waals surface area contributed by atoms with Crippen LogP contribution in [-0.2, 0) is 6.42 Å². The normalized spacial score (nSPS) is 10.2. The Morgan fingerprint density at radius 3 is 2.74 bits per heavy atom. The van der Waals surface area contributed by atoms with Crippen LogP contribution in [0.25, 0.3) is 0 Å². The molecular formula is C12H11ClN4O2. The lowest BCUT2D eigenvalue weighted by Crippen LogP contribution is -2.10. The Kier molecular flexibility index (Phi) is 4.25. The Labute approximate surface area is 114 Å². The number of carboxylic acids is 1. The Bertz CT molecular complexity index is 577. The van der Waals surface area contributed by atoms with Crippen LogP contribution in [0.1, 0.15) is 16.1 Å². The highest BCUT2D eigenvalue weighted by atomic mass is 35.5. The van der Waals surface area contributed by atoms with E-state index < -0.39 is 5.97 Å². The predicted octanol–water partition coefficient (Wildman–Crippen LogP) is 1.88. The summed E-state index contributed by atoms with van der Waals surface area (Å²) in [6.45, 7) is 0.583. The Morgan fingerprint density at radius 1 is 1.32 bits per heavy atom. The minimum atomic E-state index is -1.18. The molecule has 0 aromatic carbocycles. The minimum Gasteiger partial charge on any atom is -0.476 e. The summed E-state index contributed by atoms with van der Waals surface area (Å²) < 4.78 is 0. The van der Waals surface area contributed by atoms with Gasteiger partial charge in [0.15, 0.2) is 5.69 Å². The van der Waals surface area contributed by atoms with E-state index in [1.807, 2.05) is 12.1 Å². The smallest absolute Gasteiger partial charge is 0.356 e. The van der Waals surface area contributed by atoms with E-state index in [2.05, 4.69) is 20.3 Å². The Hall–Kier alpha value is -2.21. The summed E-state index contributed by atoms with van der Waals surface area (Å²) in [4.78, 5) is 22.3. The zero-order valence-electron chi connectivity index (χ0n) is 9.88. The molecule has 0 atom stereocenters. The molecule has 0 aliphatic rings. The first-order valence-corrected chi connectivity index (χ1v) is 5.93. The highest BCUT2D eigenvalue weighted by Gasteiger charge is 2.14. The zero-order valence-corrected chi connectivity index (χ0v) is 10.6. The second-order valence-corrected chi connectivity index (χ2v) is 4.10. The number of nitrogens with one attached hydrogen (secondary N) is 1. The first kappa shape index (κ1) is 13.2. The van der Waals surface area contributed by atoms with Gasteiger partial charge in [-0.1, -0.05) is 11.6 Å². The van der Waals surface area contributed by atoms with Gasteiger partial charge in [0.25, 0.3) is 0 Å². The molecule has 0 amide bonds. The average molecular weight is 279 g/mol. The summed E-state index contributed by atoms with van der Waals surface area (Å²) in [5.74, 6) is -0.854. The molecule has 0 saturated carbocycles. The maximum Gasteiger partial charge on any atom is 0.356 e. The fourth-order valence-electron chi connectivity index (χ4n) is 1.52. The summed E-state index contributed by atoms with van der Waals surface area (Å²) in [7, 11) is 0. The van der Waals surface area contributed by atoms with Crippen LogP contribution in [0.2, 0.25) is 5.02 Å². The van der Waals surface area contributed by atoms with Crippen LogP contribution in [0, 0.1) is 0 Å². The topological polar surface area (TPSA) is 88.0 Å². The number of rotatable bonds is 5. The summed E-state index contributed by atoms with van der Waals surface area (Å²) in [6.07, 6.45) is 5.36.